The van der Waals surface area contributed by atoms with Gasteiger partial charge in [0.05, 0.1) is 18.1 Å². The Hall–Kier alpha value is -1.85. The van der Waals surface area contributed by atoms with Crippen molar-refractivity contribution in [3.63, 3.8) is 0 Å². The highest BCUT2D eigenvalue weighted by Gasteiger charge is 2.41. The van der Waals surface area contributed by atoms with Crippen LogP contribution in [0.2, 0.25) is 0 Å². The molecule has 1 fully saturated rings. The van der Waals surface area contributed by atoms with Gasteiger partial charge in [-0.2, -0.15) is 4.98 Å². The second kappa shape index (κ2) is 4.68. The first kappa shape index (κ1) is 13.6. The number of aromatic nitrogens is 2. The maximum atomic E-state index is 11.3. The maximum Gasteiger partial charge on any atom is 0.311 e. The standard InChI is InChI=1S/C13H19N3O3/c1-8-10(14-9(2)15-11(8)19-4)16-6-5-13(3,7-16)12(17)18/h5-7H2,1-4H3,(H,17,18). The van der Waals surface area contributed by atoms with Crippen LogP contribution in [0.3, 0.4) is 0 Å². The Balaban J connectivity index is 2.34. The summed E-state index contributed by atoms with van der Waals surface area (Å²) in [5, 5.41) is 9.28. The summed E-state index contributed by atoms with van der Waals surface area (Å²) in [6.45, 7) is 6.62. The number of ether oxygens (including phenoxy) is 1. The molecular weight excluding hydrogens is 246 g/mol. The van der Waals surface area contributed by atoms with Crippen LogP contribution >= 0.6 is 0 Å². The number of carboxylic acids is 1. The SMILES string of the molecule is COc1nc(C)nc(N2CCC(C)(C(=O)O)C2)c1C. The van der Waals surface area contributed by atoms with Gasteiger partial charge in [0, 0.05) is 13.1 Å². The largest absolute Gasteiger partial charge is 0.481 e. The zero-order valence-corrected chi connectivity index (χ0v) is 11.7. The monoisotopic (exact) mass is 265 g/mol. The van der Waals surface area contributed by atoms with Crippen molar-refractivity contribution in [2.75, 3.05) is 25.1 Å². The van der Waals surface area contributed by atoms with E-state index in [1.54, 1.807) is 21.0 Å². The number of carbonyl (C=O) groups is 1. The quantitative estimate of drug-likeness (QED) is 0.890. The zero-order valence-electron chi connectivity index (χ0n) is 11.7. The molecule has 19 heavy (non-hydrogen) atoms. The van der Waals surface area contributed by atoms with Crippen LogP contribution in [0.5, 0.6) is 5.88 Å². The van der Waals surface area contributed by atoms with Crippen molar-refractivity contribution >= 4 is 11.8 Å². The first-order chi connectivity index (χ1) is 8.87. The highest BCUT2D eigenvalue weighted by molar-refractivity contribution is 5.76. The van der Waals surface area contributed by atoms with Gasteiger partial charge < -0.3 is 14.7 Å². The summed E-state index contributed by atoms with van der Waals surface area (Å²) >= 11 is 0. The van der Waals surface area contributed by atoms with E-state index in [4.69, 9.17) is 4.74 Å². The Kier molecular flexibility index (Phi) is 3.34. The number of carboxylic acid groups (broad SMARTS) is 1. The zero-order chi connectivity index (χ0) is 14.2. The van der Waals surface area contributed by atoms with Gasteiger partial charge in [0.1, 0.15) is 11.6 Å². The van der Waals surface area contributed by atoms with Crippen molar-refractivity contribution in [2.24, 2.45) is 5.41 Å². The van der Waals surface area contributed by atoms with Crippen molar-refractivity contribution in [1.29, 1.82) is 0 Å². The average Bonchev–Trinajstić information content (AvgIpc) is 2.75. The number of nitrogens with zero attached hydrogens (tertiary/aromatic N) is 3. The van der Waals surface area contributed by atoms with Crippen LogP contribution in [0.1, 0.15) is 24.7 Å². The molecule has 0 aliphatic carbocycles. The van der Waals surface area contributed by atoms with Crippen LogP contribution in [-0.4, -0.2) is 41.2 Å². The molecule has 1 saturated heterocycles. The van der Waals surface area contributed by atoms with Gasteiger partial charge in [-0.25, -0.2) is 4.98 Å². The molecule has 0 spiro atoms. The Morgan fingerprint density at radius 2 is 2.11 bits per heavy atom. The van der Waals surface area contributed by atoms with Crippen molar-refractivity contribution in [2.45, 2.75) is 27.2 Å². The van der Waals surface area contributed by atoms with E-state index in [2.05, 4.69) is 9.97 Å². The van der Waals surface area contributed by atoms with Gasteiger partial charge in [-0.3, -0.25) is 4.79 Å². The van der Waals surface area contributed by atoms with E-state index in [9.17, 15) is 9.90 Å². The number of rotatable bonds is 3. The van der Waals surface area contributed by atoms with E-state index < -0.39 is 11.4 Å². The maximum absolute atomic E-state index is 11.3. The van der Waals surface area contributed by atoms with Crippen LogP contribution in [0.15, 0.2) is 0 Å². The lowest BCUT2D eigenvalue weighted by Gasteiger charge is -2.23. The lowest BCUT2D eigenvalue weighted by molar-refractivity contribution is -0.146. The molecule has 2 heterocycles. The van der Waals surface area contributed by atoms with E-state index in [-0.39, 0.29) is 0 Å². The predicted octanol–water partition coefficient (Wildman–Crippen LogP) is 1.40. The number of aliphatic carboxylic acids is 1. The van der Waals surface area contributed by atoms with Gasteiger partial charge in [0.15, 0.2) is 0 Å². The van der Waals surface area contributed by atoms with Crippen molar-refractivity contribution in [3.05, 3.63) is 11.4 Å². The topological polar surface area (TPSA) is 75.6 Å². The molecule has 0 radical (unpaired) electrons. The summed E-state index contributed by atoms with van der Waals surface area (Å²) in [7, 11) is 1.57. The molecule has 1 aromatic heterocycles. The highest BCUT2D eigenvalue weighted by atomic mass is 16.5. The Morgan fingerprint density at radius 3 is 2.63 bits per heavy atom. The van der Waals surface area contributed by atoms with Crippen molar-refractivity contribution in [1.82, 2.24) is 9.97 Å². The second-order valence-corrected chi connectivity index (χ2v) is 5.27. The third kappa shape index (κ3) is 2.34. The van der Waals surface area contributed by atoms with Gasteiger partial charge in [0.25, 0.3) is 0 Å². The van der Waals surface area contributed by atoms with E-state index in [0.29, 0.717) is 31.2 Å². The van der Waals surface area contributed by atoms with Crippen molar-refractivity contribution < 1.29 is 14.6 Å². The molecule has 6 heteroatoms. The molecule has 2 rings (SSSR count). The molecule has 0 saturated carbocycles. The van der Waals surface area contributed by atoms with Crippen LogP contribution < -0.4 is 9.64 Å². The minimum Gasteiger partial charge on any atom is -0.481 e. The molecule has 1 aliphatic rings. The number of aryl methyl sites for hydroxylation is 1. The van der Waals surface area contributed by atoms with E-state index in [1.807, 2.05) is 11.8 Å². The highest BCUT2D eigenvalue weighted by Crippen LogP contribution is 2.35. The Labute approximate surface area is 112 Å². The molecule has 1 aromatic rings. The predicted molar refractivity (Wildman–Crippen MR) is 70.6 cm³/mol. The molecule has 0 aromatic carbocycles. The van der Waals surface area contributed by atoms with Crippen LogP contribution in [0.25, 0.3) is 0 Å². The summed E-state index contributed by atoms with van der Waals surface area (Å²) in [6.07, 6.45) is 0.618. The first-order valence-corrected chi connectivity index (χ1v) is 6.25. The molecule has 6 nitrogen and oxygen atoms in total. The molecular formula is C13H19N3O3. The van der Waals surface area contributed by atoms with Gasteiger partial charge in [-0.05, 0) is 27.2 Å². The fraction of sp³-hybridized carbons (Fsp3) is 0.615. The van der Waals surface area contributed by atoms with Gasteiger partial charge >= 0.3 is 5.97 Å². The summed E-state index contributed by atoms with van der Waals surface area (Å²) in [6, 6.07) is 0. The van der Waals surface area contributed by atoms with E-state index >= 15 is 0 Å². The lowest BCUT2D eigenvalue weighted by atomic mass is 9.90. The number of anilines is 1. The fourth-order valence-electron chi connectivity index (χ4n) is 2.41. The molecule has 104 valence electrons. The second-order valence-electron chi connectivity index (χ2n) is 5.27. The summed E-state index contributed by atoms with van der Waals surface area (Å²) in [5.41, 5.74) is 0.140. The summed E-state index contributed by atoms with van der Waals surface area (Å²) in [4.78, 5) is 21.9. The van der Waals surface area contributed by atoms with Gasteiger partial charge in [-0.1, -0.05) is 0 Å². The van der Waals surface area contributed by atoms with E-state index in [0.717, 1.165) is 11.4 Å². The smallest absolute Gasteiger partial charge is 0.311 e. The average molecular weight is 265 g/mol. The van der Waals surface area contributed by atoms with Crippen LogP contribution in [0, 0.1) is 19.3 Å². The first-order valence-electron chi connectivity index (χ1n) is 6.25. The molecule has 1 atom stereocenters. The summed E-state index contributed by atoms with van der Waals surface area (Å²) < 4.78 is 5.23. The molecule has 1 N–H and O–H groups in total. The minimum absolute atomic E-state index is 0.461. The fourth-order valence-corrected chi connectivity index (χ4v) is 2.41. The normalized spacial score (nSPS) is 22.6. The van der Waals surface area contributed by atoms with Crippen molar-refractivity contribution in [3.8, 4) is 5.88 Å². The molecule has 0 amide bonds. The Morgan fingerprint density at radius 1 is 1.42 bits per heavy atom. The Bertz CT molecular complexity index is 518. The molecule has 1 aliphatic heterocycles. The third-order valence-electron chi connectivity index (χ3n) is 3.67. The lowest BCUT2D eigenvalue weighted by Crippen LogP contribution is -2.32. The number of hydrogen-bond donors (Lipinski definition) is 1. The van der Waals surface area contributed by atoms with Gasteiger partial charge in [0.2, 0.25) is 5.88 Å². The molecule has 1 unspecified atom stereocenters. The number of methoxy groups -OCH3 is 1. The van der Waals surface area contributed by atoms with Crippen LogP contribution in [-0.2, 0) is 4.79 Å². The molecule has 0 bridgehead atoms. The third-order valence-corrected chi connectivity index (χ3v) is 3.67. The minimum atomic E-state index is -0.759. The van der Waals surface area contributed by atoms with E-state index in [1.165, 1.54) is 0 Å². The summed E-state index contributed by atoms with van der Waals surface area (Å²) in [5.74, 6) is 1.19. The van der Waals surface area contributed by atoms with Crippen LogP contribution in [0.4, 0.5) is 5.82 Å². The van der Waals surface area contributed by atoms with Gasteiger partial charge in [-0.15, -0.1) is 0 Å². The number of hydrogen-bond acceptors (Lipinski definition) is 5.